The average Bonchev–Trinajstić information content (AvgIpc) is 2.49. The number of nitrogens with two attached hydrogens (primary N) is 1. The Hall–Kier alpha value is -0.425. The third kappa shape index (κ3) is 3.01. The maximum atomic E-state index is 11.4. The lowest BCUT2D eigenvalue weighted by atomic mass is 9.77. The third-order valence-electron chi connectivity index (χ3n) is 3.21. The van der Waals surface area contributed by atoms with Gasteiger partial charge in [0.2, 0.25) is 0 Å². The minimum atomic E-state index is -1.26. The van der Waals surface area contributed by atoms with Crippen molar-refractivity contribution in [3.63, 3.8) is 0 Å². The van der Waals surface area contributed by atoms with E-state index in [1.165, 1.54) is 6.92 Å². The van der Waals surface area contributed by atoms with E-state index in [9.17, 15) is 4.79 Å². The van der Waals surface area contributed by atoms with Gasteiger partial charge in [0.1, 0.15) is 0 Å². The lowest BCUT2D eigenvalue weighted by Gasteiger charge is -2.27. The van der Waals surface area contributed by atoms with Crippen LogP contribution in [0.1, 0.15) is 19.8 Å². The molecular weight excluding hydrogens is 195 g/mol. The number of hydrogen-bond donors (Lipinski definition) is 4. The highest BCUT2D eigenvalue weighted by Gasteiger charge is 2.42. The molecule has 0 spiro atoms. The Morgan fingerprint density at radius 2 is 2.33 bits per heavy atom. The van der Waals surface area contributed by atoms with Crippen molar-refractivity contribution in [2.45, 2.75) is 31.6 Å². The molecule has 0 aliphatic carbocycles. The quantitative estimate of drug-likeness (QED) is 0.428. The molecule has 0 saturated carbocycles. The van der Waals surface area contributed by atoms with Gasteiger partial charge in [-0.15, -0.1) is 0 Å². The molecule has 0 radical (unpaired) electrons. The summed E-state index contributed by atoms with van der Waals surface area (Å²) < 4.78 is 0. The minimum Gasteiger partial charge on any atom is -0.427 e. The highest BCUT2D eigenvalue weighted by Crippen LogP contribution is 2.25. The van der Waals surface area contributed by atoms with Gasteiger partial charge in [-0.05, 0) is 25.6 Å². The van der Waals surface area contributed by atoms with E-state index in [0.717, 1.165) is 13.0 Å². The van der Waals surface area contributed by atoms with Gasteiger partial charge >= 0.3 is 7.12 Å². The van der Waals surface area contributed by atoms with Crippen molar-refractivity contribution < 1.29 is 14.8 Å². The SMILES string of the molecule is CC(=O)C1(N)CNCC1CCCB(O)O. The molecule has 1 saturated heterocycles. The van der Waals surface area contributed by atoms with E-state index >= 15 is 0 Å². The van der Waals surface area contributed by atoms with Gasteiger partial charge in [-0.1, -0.05) is 6.42 Å². The van der Waals surface area contributed by atoms with E-state index in [1.54, 1.807) is 0 Å². The zero-order valence-corrected chi connectivity index (χ0v) is 9.07. The first-order valence-corrected chi connectivity index (χ1v) is 5.33. The van der Waals surface area contributed by atoms with Gasteiger partial charge in [0, 0.05) is 13.1 Å². The first-order chi connectivity index (χ1) is 6.97. The van der Waals surface area contributed by atoms with Crippen LogP contribution in [0.4, 0.5) is 0 Å². The minimum absolute atomic E-state index is 0.00190. The Balaban J connectivity index is 2.43. The Labute approximate surface area is 90.2 Å². The van der Waals surface area contributed by atoms with Crippen molar-refractivity contribution >= 4 is 12.9 Å². The van der Waals surface area contributed by atoms with Gasteiger partial charge in [-0.2, -0.15) is 0 Å². The van der Waals surface area contributed by atoms with Crippen molar-refractivity contribution in [2.24, 2.45) is 11.7 Å². The van der Waals surface area contributed by atoms with Gasteiger partial charge in [0.25, 0.3) is 0 Å². The first-order valence-electron chi connectivity index (χ1n) is 5.33. The van der Waals surface area contributed by atoms with Crippen molar-refractivity contribution in [3.8, 4) is 0 Å². The standard InChI is InChI=1S/C9H19BN2O3/c1-7(13)9(11)6-12-5-8(9)3-2-4-10(14)15/h8,12,14-15H,2-6,11H2,1H3. The molecule has 86 valence electrons. The van der Waals surface area contributed by atoms with Gasteiger partial charge in [0.15, 0.2) is 5.78 Å². The number of carbonyl (C=O) groups excluding carboxylic acids is 1. The molecule has 6 heteroatoms. The van der Waals surface area contributed by atoms with Gasteiger partial charge in [-0.3, -0.25) is 4.79 Å². The maximum absolute atomic E-state index is 11.4. The average molecular weight is 214 g/mol. The van der Waals surface area contributed by atoms with Crippen LogP contribution in [0.5, 0.6) is 0 Å². The summed E-state index contributed by atoms with van der Waals surface area (Å²) in [6.45, 7) is 2.77. The smallest absolute Gasteiger partial charge is 0.427 e. The predicted molar refractivity (Wildman–Crippen MR) is 58.2 cm³/mol. The van der Waals surface area contributed by atoms with Crippen molar-refractivity contribution in [2.75, 3.05) is 13.1 Å². The Morgan fingerprint density at radius 3 is 2.87 bits per heavy atom. The summed E-state index contributed by atoms with van der Waals surface area (Å²) in [7, 11) is -1.26. The van der Waals surface area contributed by atoms with E-state index in [2.05, 4.69) is 5.32 Å². The number of nitrogens with one attached hydrogen (secondary N) is 1. The molecule has 0 bridgehead atoms. The molecule has 1 rings (SSSR count). The van der Waals surface area contributed by atoms with E-state index in [1.807, 2.05) is 0 Å². The molecular formula is C9H19BN2O3. The fourth-order valence-electron chi connectivity index (χ4n) is 2.10. The molecule has 1 heterocycles. The Bertz CT molecular complexity index is 237. The fourth-order valence-corrected chi connectivity index (χ4v) is 2.10. The van der Waals surface area contributed by atoms with E-state index in [-0.39, 0.29) is 11.7 Å². The highest BCUT2D eigenvalue weighted by atomic mass is 16.4. The summed E-state index contributed by atoms with van der Waals surface area (Å²) in [6, 6.07) is 0. The molecule has 0 aromatic rings. The first kappa shape index (κ1) is 12.6. The molecule has 1 aliphatic heterocycles. The molecule has 2 atom stereocenters. The second kappa shape index (κ2) is 5.07. The summed E-state index contributed by atoms with van der Waals surface area (Å²) >= 11 is 0. The molecule has 1 fully saturated rings. The zero-order chi connectivity index (χ0) is 11.5. The molecule has 15 heavy (non-hydrogen) atoms. The van der Waals surface area contributed by atoms with Gasteiger partial charge in [-0.25, -0.2) is 0 Å². The zero-order valence-electron chi connectivity index (χ0n) is 9.07. The fraction of sp³-hybridized carbons (Fsp3) is 0.889. The summed E-state index contributed by atoms with van der Waals surface area (Å²) in [5, 5.41) is 20.5. The van der Waals surface area contributed by atoms with E-state index < -0.39 is 12.7 Å². The van der Waals surface area contributed by atoms with E-state index in [0.29, 0.717) is 19.3 Å². The number of ketones is 1. The van der Waals surface area contributed by atoms with Crippen LogP contribution in [-0.4, -0.2) is 41.6 Å². The number of carbonyl (C=O) groups is 1. The van der Waals surface area contributed by atoms with Gasteiger partial charge < -0.3 is 21.1 Å². The molecule has 0 amide bonds. The van der Waals surface area contributed by atoms with Gasteiger partial charge in [0.05, 0.1) is 5.54 Å². The lowest BCUT2D eigenvalue weighted by Crippen LogP contribution is -2.53. The number of hydrogen-bond acceptors (Lipinski definition) is 5. The molecule has 1 aliphatic rings. The van der Waals surface area contributed by atoms with Crippen LogP contribution in [0.25, 0.3) is 0 Å². The number of rotatable bonds is 5. The number of Topliss-reactive ketones (excluding diaryl/α,β-unsaturated/α-hetero) is 1. The second-order valence-corrected chi connectivity index (χ2v) is 4.34. The Kier molecular flexibility index (Phi) is 4.27. The third-order valence-corrected chi connectivity index (χ3v) is 3.21. The van der Waals surface area contributed by atoms with Crippen LogP contribution in [0, 0.1) is 5.92 Å². The molecule has 5 nitrogen and oxygen atoms in total. The van der Waals surface area contributed by atoms with Crippen LogP contribution < -0.4 is 11.1 Å². The van der Waals surface area contributed by atoms with Crippen LogP contribution in [0.15, 0.2) is 0 Å². The summed E-state index contributed by atoms with van der Waals surface area (Å²) in [5.74, 6) is 0.107. The maximum Gasteiger partial charge on any atom is 0.451 e. The summed E-state index contributed by atoms with van der Waals surface area (Å²) in [4.78, 5) is 11.4. The van der Waals surface area contributed by atoms with Crippen LogP contribution in [0.2, 0.25) is 6.32 Å². The van der Waals surface area contributed by atoms with Crippen molar-refractivity contribution in [1.82, 2.24) is 5.32 Å². The normalized spacial score (nSPS) is 30.5. The molecule has 5 N–H and O–H groups in total. The largest absolute Gasteiger partial charge is 0.451 e. The second-order valence-electron chi connectivity index (χ2n) is 4.34. The molecule has 2 unspecified atom stereocenters. The monoisotopic (exact) mass is 214 g/mol. The lowest BCUT2D eigenvalue weighted by molar-refractivity contribution is -0.122. The van der Waals surface area contributed by atoms with Crippen molar-refractivity contribution in [1.29, 1.82) is 0 Å². The molecule has 0 aromatic heterocycles. The van der Waals surface area contributed by atoms with Crippen LogP contribution in [-0.2, 0) is 4.79 Å². The topological polar surface area (TPSA) is 95.6 Å². The Morgan fingerprint density at radius 1 is 1.67 bits per heavy atom. The van der Waals surface area contributed by atoms with Crippen LogP contribution in [0.3, 0.4) is 0 Å². The highest BCUT2D eigenvalue weighted by molar-refractivity contribution is 6.40. The molecule has 0 aromatic carbocycles. The predicted octanol–water partition coefficient (Wildman–Crippen LogP) is -1.25. The van der Waals surface area contributed by atoms with Crippen LogP contribution >= 0.6 is 0 Å². The summed E-state index contributed by atoms with van der Waals surface area (Å²) in [6.07, 6.45) is 1.77. The van der Waals surface area contributed by atoms with Crippen molar-refractivity contribution in [3.05, 3.63) is 0 Å². The summed E-state index contributed by atoms with van der Waals surface area (Å²) in [5.41, 5.74) is 5.26. The van der Waals surface area contributed by atoms with E-state index in [4.69, 9.17) is 15.8 Å².